The number of ether oxygens (including phenoxy) is 1. The first-order valence-electron chi connectivity index (χ1n) is 14.4. The lowest BCUT2D eigenvalue weighted by atomic mass is 9.95. The number of hydrogen-bond acceptors (Lipinski definition) is 5. The highest BCUT2D eigenvalue weighted by atomic mass is 35.5. The van der Waals surface area contributed by atoms with E-state index in [1.165, 1.54) is 24.8 Å². The number of nitrogens with one attached hydrogen (secondary N) is 2. The van der Waals surface area contributed by atoms with Crippen molar-refractivity contribution < 1.29 is 9.53 Å². The molecule has 2 aromatic heterocycles. The van der Waals surface area contributed by atoms with Gasteiger partial charge in [-0.05, 0) is 85.3 Å². The number of rotatable bonds is 12. The van der Waals surface area contributed by atoms with Gasteiger partial charge in [0.05, 0.1) is 6.61 Å². The van der Waals surface area contributed by atoms with Gasteiger partial charge in [-0.2, -0.15) is 0 Å². The van der Waals surface area contributed by atoms with E-state index in [1.54, 1.807) is 4.57 Å². The van der Waals surface area contributed by atoms with Crippen LogP contribution >= 0.6 is 24.8 Å². The Bertz CT molecular complexity index is 1470. The molecule has 224 valence electrons. The molecule has 5 rings (SSSR count). The summed E-state index contributed by atoms with van der Waals surface area (Å²) in [6, 6.07) is 21.5. The van der Waals surface area contributed by atoms with E-state index in [4.69, 9.17) is 4.74 Å². The maximum absolute atomic E-state index is 12.8. The monoisotopic (exact) mass is 610 g/mol. The number of aryl methyl sites for hydroxylation is 2. The molecule has 2 aromatic carbocycles. The number of pyridine rings is 2. The van der Waals surface area contributed by atoms with Gasteiger partial charge < -0.3 is 19.9 Å². The molecule has 2 heterocycles. The van der Waals surface area contributed by atoms with Gasteiger partial charge in [-0.3, -0.25) is 14.6 Å². The van der Waals surface area contributed by atoms with Gasteiger partial charge in [-0.15, -0.1) is 24.8 Å². The van der Waals surface area contributed by atoms with E-state index < -0.39 is 0 Å². The van der Waals surface area contributed by atoms with E-state index in [1.807, 2.05) is 73.1 Å². The van der Waals surface area contributed by atoms with Crippen LogP contribution in [0.2, 0.25) is 0 Å². The molecule has 0 spiro atoms. The maximum Gasteiger partial charge on any atom is 0.258 e. The van der Waals surface area contributed by atoms with Crippen molar-refractivity contribution in [1.29, 1.82) is 0 Å². The predicted octanol–water partition coefficient (Wildman–Crippen LogP) is 6.10. The second-order valence-corrected chi connectivity index (χ2v) is 10.5. The summed E-state index contributed by atoms with van der Waals surface area (Å²) < 4.78 is 7.62. The zero-order chi connectivity index (χ0) is 27.6. The minimum Gasteiger partial charge on any atom is -0.494 e. The number of hydrogen-bond donors (Lipinski definition) is 2. The average Bonchev–Trinajstić information content (AvgIpc) is 3.00. The van der Waals surface area contributed by atoms with Gasteiger partial charge in [0.25, 0.3) is 11.5 Å². The highest BCUT2D eigenvalue weighted by Crippen LogP contribution is 2.19. The molecule has 1 aliphatic carbocycles. The van der Waals surface area contributed by atoms with Crippen LogP contribution in [-0.4, -0.2) is 34.7 Å². The third kappa shape index (κ3) is 9.31. The molecule has 9 heteroatoms. The average molecular weight is 612 g/mol. The molecule has 1 fully saturated rings. The topological polar surface area (TPSA) is 85.2 Å². The quantitative estimate of drug-likeness (QED) is 0.189. The van der Waals surface area contributed by atoms with E-state index in [0.29, 0.717) is 31.2 Å². The van der Waals surface area contributed by atoms with Gasteiger partial charge in [-0.1, -0.05) is 37.5 Å². The summed E-state index contributed by atoms with van der Waals surface area (Å²) in [5, 5.41) is 8.33. The van der Waals surface area contributed by atoms with Crippen LogP contribution in [0.1, 0.15) is 60.1 Å². The summed E-state index contributed by atoms with van der Waals surface area (Å²) in [5.41, 5.74) is 2.85. The van der Waals surface area contributed by atoms with E-state index in [0.717, 1.165) is 54.6 Å². The minimum atomic E-state index is 0. The van der Waals surface area contributed by atoms with Crippen LogP contribution in [0.5, 0.6) is 5.75 Å². The van der Waals surface area contributed by atoms with Crippen molar-refractivity contribution in [2.45, 2.75) is 64.1 Å². The first-order chi connectivity index (χ1) is 19.7. The summed E-state index contributed by atoms with van der Waals surface area (Å²) in [4.78, 5) is 29.7. The Hall–Kier alpha value is -3.39. The standard InChI is InChI=1S/C33H38N4O3.2ClH/c38-32(36-28-8-2-1-3-9-28)27-11-13-30(14-12-27)40-22-6-18-34-24-25-15-19-35-29(23-25)17-21-37-20-16-26-7-4-5-10-31(26)33(37)39;;/h4-5,7,10-16,19-20,23,28,34H,1-3,6,8-9,17-18,21-22,24H2,(H,36,38);2*1H. The van der Waals surface area contributed by atoms with Crippen LogP contribution < -0.4 is 20.9 Å². The Balaban J connectivity index is 0.00000242. The molecule has 0 radical (unpaired) electrons. The molecule has 0 bridgehead atoms. The Morgan fingerprint density at radius 3 is 2.57 bits per heavy atom. The number of fused-ring (bicyclic) bond motifs is 1. The zero-order valence-electron chi connectivity index (χ0n) is 23.8. The molecule has 1 saturated carbocycles. The van der Waals surface area contributed by atoms with Gasteiger partial charge in [0.15, 0.2) is 0 Å². The van der Waals surface area contributed by atoms with Crippen LogP contribution in [0, 0.1) is 0 Å². The fraction of sp³-hybridized carbons (Fsp3) is 0.364. The SMILES string of the molecule is Cl.Cl.O=C(NC1CCCCC1)c1ccc(OCCCNCc2ccnc(CCn3ccc4ccccc4c3=O)c2)cc1. The Labute approximate surface area is 259 Å². The highest BCUT2D eigenvalue weighted by molar-refractivity contribution is 5.94. The van der Waals surface area contributed by atoms with Gasteiger partial charge in [0.2, 0.25) is 0 Å². The lowest BCUT2D eigenvalue weighted by molar-refractivity contribution is 0.0927. The molecule has 42 heavy (non-hydrogen) atoms. The van der Waals surface area contributed by atoms with E-state index in [9.17, 15) is 9.59 Å². The van der Waals surface area contributed by atoms with Crippen LogP contribution in [-0.2, 0) is 19.5 Å². The van der Waals surface area contributed by atoms with Crippen LogP contribution in [0.3, 0.4) is 0 Å². The molecule has 1 aliphatic rings. The maximum atomic E-state index is 12.8. The number of nitrogens with zero attached hydrogens (tertiary/aromatic N) is 2. The smallest absolute Gasteiger partial charge is 0.258 e. The van der Waals surface area contributed by atoms with Crippen molar-refractivity contribution >= 4 is 41.5 Å². The highest BCUT2D eigenvalue weighted by Gasteiger charge is 2.16. The summed E-state index contributed by atoms with van der Waals surface area (Å²) in [6.07, 6.45) is 11.1. The molecule has 2 N–H and O–H groups in total. The van der Waals surface area contributed by atoms with E-state index in [2.05, 4.69) is 21.7 Å². The zero-order valence-corrected chi connectivity index (χ0v) is 25.4. The molecule has 0 unspecified atom stereocenters. The summed E-state index contributed by atoms with van der Waals surface area (Å²) in [5.74, 6) is 0.781. The van der Waals surface area contributed by atoms with Crippen LogP contribution in [0.4, 0.5) is 0 Å². The lowest BCUT2D eigenvalue weighted by Gasteiger charge is -2.22. The third-order valence-corrected chi connectivity index (χ3v) is 7.53. The first-order valence-corrected chi connectivity index (χ1v) is 14.4. The van der Waals surface area contributed by atoms with Gasteiger partial charge in [0, 0.05) is 54.6 Å². The molecular weight excluding hydrogens is 571 g/mol. The van der Waals surface area contributed by atoms with Crippen molar-refractivity contribution in [2.75, 3.05) is 13.2 Å². The van der Waals surface area contributed by atoms with Crippen molar-refractivity contribution in [2.24, 2.45) is 0 Å². The Kier molecular flexibility index (Phi) is 13.3. The Morgan fingerprint density at radius 2 is 1.76 bits per heavy atom. The molecule has 1 amide bonds. The molecule has 7 nitrogen and oxygen atoms in total. The second-order valence-electron chi connectivity index (χ2n) is 10.5. The van der Waals surface area contributed by atoms with Crippen molar-refractivity contribution in [3.8, 4) is 5.75 Å². The van der Waals surface area contributed by atoms with E-state index >= 15 is 0 Å². The second kappa shape index (κ2) is 16.9. The summed E-state index contributed by atoms with van der Waals surface area (Å²) >= 11 is 0. The van der Waals surface area contributed by atoms with Crippen LogP contribution in [0.15, 0.2) is 83.9 Å². The van der Waals surface area contributed by atoms with Gasteiger partial charge >= 0.3 is 0 Å². The predicted molar refractivity (Wildman–Crippen MR) is 173 cm³/mol. The molecule has 4 aromatic rings. The van der Waals surface area contributed by atoms with Gasteiger partial charge in [0.1, 0.15) is 5.75 Å². The van der Waals surface area contributed by atoms with E-state index in [-0.39, 0.29) is 36.3 Å². The minimum absolute atomic E-state index is 0. The van der Waals surface area contributed by atoms with Crippen LogP contribution in [0.25, 0.3) is 10.8 Å². The van der Waals surface area contributed by atoms with Gasteiger partial charge in [-0.25, -0.2) is 0 Å². The Morgan fingerprint density at radius 1 is 0.976 bits per heavy atom. The fourth-order valence-electron chi connectivity index (χ4n) is 5.25. The molecule has 0 atom stereocenters. The first kappa shape index (κ1) is 33.1. The number of aromatic nitrogens is 2. The summed E-state index contributed by atoms with van der Waals surface area (Å²) in [6.45, 7) is 2.77. The lowest BCUT2D eigenvalue weighted by Crippen LogP contribution is -2.36. The molecule has 0 aliphatic heterocycles. The summed E-state index contributed by atoms with van der Waals surface area (Å²) in [7, 11) is 0. The number of benzene rings is 2. The number of amides is 1. The van der Waals surface area contributed by atoms with Crippen molar-refractivity contribution in [3.05, 3.63) is 106 Å². The largest absolute Gasteiger partial charge is 0.494 e. The van der Waals surface area contributed by atoms with Crippen molar-refractivity contribution in [3.63, 3.8) is 0 Å². The fourth-order valence-corrected chi connectivity index (χ4v) is 5.25. The van der Waals surface area contributed by atoms with Crippen molar-refractivity contribution in [1.82, 2.24) is 20.2 Å². The number of carbonyl (C=O) groups is 1. The number of halogens is 2. The number of carbonyl (C=O) groups excluding carboxylic acids is 1. The third-order valence-electron chi connectivity index (χ3n) is 7.53. The normalized spacial score (nSPS) is 13.1. The molecule has 0 saturated heterocycles. The molecular formula is C33H40Cl2N4O3.